The zero-order chi connectivity index (χ0) is 15.1. The van der Waals surface area contributed by atoms with Crippen LogP contribution in [0, 0.1) is 6.92 Å². The van der Waals surface area contributed by atoms with Gasteiger partial charge in [0.15, 0.2) is 0 Å². The highest BCUT2D eigenvalue weighted by Gasteiger charge is 2.14. The van der Waals surface area contributed by atoms with E-state index in [-0.39, 0.29) is 18.0 Å². The van der Waals surface area contributed by atoms with Crippen molar-refractivity contribution in [2.24, 2.45) is 0 Å². The van der Waals surface area contributed by atoms with Gasteiger partial charge in [-0.25, -0.2) is 4.98 Å². The predicted octanol–water partition coefficient (Wildman–Crippen LogP) is 1.93. The summed E-state index contributed by atoms with van der Waals surface area (Å²) < 4.78 is 0. The fraction of sp³-hybridized carbons (Fsp3) is 0.643. The van der Waals surface area contributed by atoms with Crippen LogP contribution >= 0.6 is 0 Å². The summed E-state index contributed by atoms with van der Waals surface area (Å²) in [5, 5.41) is 9.11. The van der Waals surface area contributed by atoms with Gasteiger partial charge in [0, 0.05) is 24.3 Å². The number of amides is 1. The lowest BCUT2D eigenvalue weighted by Gasteiger charge is -2.17. The molecule has 1 rings (SSSR count). The first-order chi connectivity index (χ1) is 9.42. The average molecular weight is 279 g/mol. The minimum absolute atomic E-state index is 0.0423. The van der Waals surface area contributed by atoms with Crippen molar-refractivity contribution in [3.05, 3.63) is 11.8 Å². The third-order valence-corrected chi connectivity index (χ3v) is 2.58. The van der Waals surface area contributed by atoms with Crippen molar-refractivity contribution < 1.29 is 4.79 Å². The van der Waals surface area contributed by atoms with E-state index >= 15 is 0 Å². The number of carbonyl (C=O) groups excluding carboxylic acids is 1. The van der Waals surface area contributed by atoms with Crippen molar-refractivity contribution in [3.8, 4) is 0 Å². The van der Waals surface area contributed by atoms with Gasteiger partial charge in [-0.1, -0.05) is 6.92 Å². The standard InChI is InChI=1S/C14H25N5O/c1-6-7-15-14-17-10(4)8-12(19-14)18-11(5)13(20)16-9(2)3/h8-9,11H,6-7H2,1-5H3,(H,16,20)(H2,15,17,18,19). The van der Waals surface area contributed by atoms with Crippen LogP contribution in [0.4, 0.5) is 11.8 Å². The Labute approximate surface area is 120 Å². The Kier molecular flexibility index (Phi) is 6.21. The van der Waals surface area contributed by atoms with E-state index in [1.807, 2.05) is 33.8 Å². The van der Waals surface area contributed by atoms with Crippen molar-refractivity contribution >= 4 is 17.7 Å². The molecule has 0 saturated carbocycles. The first-order valence-corrected chi connectivity index (χ1v) is 7.08. The lowest BCUT2D eigenvalue weighted by molar-refractivity contribution is -0.122. The molecule has 1 heterocycles. The average Bonchev–Trinajstić information content (AvgIpc) is 2.34. The predicted molar refractivity (Wildman–Crippen MR) is 81.9 cm³/mol. The highest BCUT2D eigenvalue weighted by molar-refractivity contribution is 5.84. The summed E-state index contributed by atoms with van der Waals surface area (Å²) in [4.78, 5) is 20.5. The number of hydrogen-bond donors (Lipinski definition) is 3. The van der Waals surface area contributed by atoms with Crippen molar-refractivity contribution in [1.29, 1.82) is 0 Å². The van der Waals surface area contributed by atoms with Crippen molar-refractivity contribution in [2.75, 3.05) is 17.2 Å². The van der Waals surface area contributed by atoms with Gasteiger partial charge in [0.05, 0.1) is 0 Å². The minimum atomic E-state index is -0.342. The molecule has 1 unspecified atom stereocenters. The van der Waals surface area contributed by atoms with Gasteiger partial charge in [0.1, 0.15) is 11.9 Å². The molecule has 0 aliphatic carbocycles. The van der Waals surface area contributed by atoms with Crippen molar-refractivity contribution in [3.63, 3.8) is 0 Å². The van der Waals surface area contributed by atoms with Crippen molar-refractivity contribution in [1.82, 2.24) is 15.3 Å². The van der Waals surface area contributed by atoms with Crippen LogP contribution in [0.5, 0.6) is 0 Å². The molecule has 20 heavy (non-hydrogen) atoms. The minimum Gasteiger partial charge on any atom is -0.358 e. The smallest absolute Gasteiger partial charge is 0.242 e. The topological polar surface area (TPSA) is 78.9 Å². The van der Waals surface area contributed by atoms with Crippen LogP contribution < -0.4 is 16.0 Å². The molecule has 6 nitrogen and oxygen atoms in total. The molecule has 1 atom stereocenters. The van der Waals surface area contributed by atoms with Crippen LogP contribution in [0.15, 0.2) is 6.07 Å². The molecule has 0 aliphatic rings. The fourth-order valence-electron chi connectivity index (χ4n) is 1.66. The number of anilines is 2. The highest BCUT2D eigenvalue weighted by Crippen LogP contribution is 2.11. The number of carbonyl (C=O) groups is 1. The second-order valence-corrected chi connectivity index (χ2v) is 5.17. The summed E-state index contributed by atoms with van der Waals surface area (Å²) >= 11 is 0. The number of aromatic nitrogens is 2. The Bertz CT molecular complexity index is 447. The zero-order valence-corrected chi connectivity index (χ0v) is 12.9. The van der Waals surface area contributed by atoms with E-state index in [0.717, 1.165) is 18.7 Å². The first kappa shape index (κ1) is 16.2. The molecule has 1 aromatic heterocycles. The first-order valence-electron chi connectivity index (χ1n) is 7.08. The second kappa shape index (κ2) is 7.67. The monoisotopic (exact) mass is 279 g/mol. The summed E-state index contributed by atoms with van der Waals surface area (Å²) in [6, 6.07) is 1.61. The Balaban J connectivity index is 2.71. The van der Waals surface area contributed by atoms with E-state index in [9.17, 15) is 4.79 Å². The third kappa shape index (κ3) is 5.42. The molecular weight excluding hydrogens is 254 g/mol. The molecule has 1 aromatic rings. The second-order valence-electron chi connectivity index (χ2n) is 5.17. The molecule has 112 valence electrons. The molecule has 0 aliphatic heterocycles. The maximum Gasteiger partial charge on any atom is 0.242 e. The van der Waals surface area contributed by atoms with Crippen LogP contribution in [0.3, 0.4) is 0 Å². The summed E-state index contributed by atoms with van der Waals surface area (Å²) in [6.07, 6.45) is 1.01. The van der Waals surface area contributed by atoms with Gasteiger partial charge in [-0.15, -0.1) is 0 Å². The number of rotatable bonds is 7. The molecule has 0 aromatic carbocycles. The van der Waals surface area contributed by atoms with E-state index in [4.69, 9.17) is 0 Å². The Morgan fingerprint density at radius 3 is 2.60 bits per heavy atom. The number of nitrogens with zero attached hydrogens (tertiary/aromatic N) is 2. The molecule has 3 N–H and O–H groups in total. The Morgan fingerprint density at radius 2 is 2.00 bits per heavy atom. The number of hydrogen-bond acceptors (Lipinski definition) is 5. The van der Waals surface area contributed by atoms with Gasteiger partial charge in [-0.3, -0.25) is 4.79 Å². The Morgan fingerprint density at radius 1 is 1.30 bits per heavy atom. The number of aryl methyl sites for hydroxylation is 1. The van der Waals surface area contributed by atoms with E-state index in [1.54, 1.807) is 0 Å². The summed E-state index contributed by atoms with van der Waals surface area (Å²) in [5.41, 5.74) is 0.859. The maximum atomic E-state index is 11.9. The lowest BCUT2D eigenvalue weighted by Crippen LogP contribution is -2.41. The molecule has 0 radical (unpaired) electrons. The molecule has 0 spiro atoms. The zero-order valence-electron chi connectivity index (χ0n) is 12.9. The van der Waals surface area contributed by atoms with Gasteiger partial charge in [-0.2, -0.15) is 4.98 Å². The molecule has 0 bridgehead atoms. The largest absolute Gasteiger partial charge is 0.358 e. The number of nitrogens with one attached hydrogen (secondary N) is 3. The molecule has 0 fully saturated rings. The Hall–Kier alpha value is -1.85. The van der Waals surface area contributed by atoms with Crippen LogP contribution in [0.2, 0.25) is 0 Å². The SMILES string of the molecule is CCCNc1nc(C)cc(NC(C)C(=O)NC(C)C)n1. The van der Waals surface area contributed by atoms with Gasteiger partial charge in [0.25, 0.3) is 0 Å². The van der Waals surface area contributed by atoms with Gasteiger partial charge in [0.2, 0.25) is 11.9 Å². The quantitative estimate of drug-likeness (QED) is 0.711. The molecule has 1 amide bonds. The third-order valence-electron chi connectivity index (χ3n) is 2.58. The normalized spacial score (nSPS) is 12.1. The van der Waals surface area contributed by atoms with Crippen LogP contribution in [-0.2, 0) is 4.79 Å². The lowest BCUT2D eigenvalue weighted by atomic mass is 10.2. The van der Waals surface area contributed by atoms with Gasteiger partial charge in [-0.05, 0) is 34.1 Å². The van der Waals surface area contributed by atoms with E-state index in [0.29, 0.717) is 11.8 Å². The van der Waals surface area contributed by atoms with Crippen molar-refractivity contribution in [2.45, 2.75) is 53.1 Å². The molecular formula is C14H25N5O. The van der Waals surface area contributed by atoms with E-state index in [2.05, 4.69) is 32.8 Å². The van der Waals surface area contributed by atoms with Crippen LogP contribution in [0.1, 0.15) is 39.8 Å². The summed E-state index contributed by atoms with van der Waals surface area (Å²) in [7, 11) is 0. The maximum absolute atomic E-state index is 11.9. The fourth-order valence-corrected chi connectivity index (χ4v) is 1.66. The van der Waals surface area contributed by atoms with Crippen LogP contribution in [-0.4, -0.2) is 34.5 Å². The summed E-state index contributed by atoms with van der Waals surface area (Å²) in [6.45, 7) is 10.5. The van der Waals surface area contributed by atoms with Gasteiger partial charge >= 0.3 is 0 Å². The highest BCUT2D eigenvalue weighted by atomic mass is 16.2. The van der Waals surface area contributed by atoms with Gasteiger partial charge < -0.3 is 16.0 Å². The van der Waals surface area contributed by atoms with Crippen LogP contribution in [0.25, 0.3) is 0 Å². The van der Waals surface area contributed by atoms with E-state index in [1.165, 1.54) is 0 Å². The summed E-state index contributed by atoms with van der Waals surface area (Å²) in [5.74, 6) is 1.20. The molecule has 6 heteroatoms. The van der Waals surface area contributed by atoms with E-state index < -0.39 is 0 Å². The molecule has 0 saturated heterocycles.